The van der Waals surface area contributed by atoms with Crippen LogP contribution >= 0.6 is 0 Å². The number of benzene rings is 1. The van der Waals surface area contributed by atoms with Gasteiger partial charge in [0.25, 0.3) is 0 Å². The van der Waals surface area contributed by atoms with Crippen LogP contribution < -0.4 is 0 Å². The van der Waals surface area contributed by atoms with E-state index in [1.807, 2.05) is 0 Å². The van der Waals surface area contributed by atoms with Crippen molar-refractivity contribution in [2.24, 2.45) is 5.92 Å². The molecule has 2 nitrogen and oxygen atoms in total. The Hall–Kier alpha value is -1.31. The van der Waals surface area contributed by atoms with Crippen molar-refractivity contribution in [1.82, 2.24) is 4.90 Å². The van der Waals surface area contributed by atoms with Gasteiger partial charge >= 0.3 is 0 Å². The Balaban J connectivity index is 1.62. The average Bonchev–Trinajstić information content (AvgIpc) is 3.21. The third kappa shape index (κ3) is 3.48. The highest BCUT2D eigenvalue weighted by Gasteiger charge is 2.34. The van der Waals surface area contributed by atoms with Crippen LogP contribution in [0.2, 0.25) is 0 Å². The maximum atomic E-state index is 12.7. The molecule has 0 aliphatic heterocycles. The molecule has 114 valence electrons. The first-order valence-corrected chi connectivity index (χ1v) is 8.52. The van der Waals surface area contributed by atoms with Crippen LogP contribution in [-0.2, 0) is 11.2 Å². The van der Waals surface area contributed by atoms with Gasteiger partial charge < -0.3 is 4.90 Å². The fraction of sp³-hybridized carbons (Fsp3) is 0.632. The predicted octanol–water partition coefficient (Wildman–Crippen LogP) is 4.14. The maximum absolute atomic E-state index is 12.7. The highest BCUT2D eigenvalue weighted by Crippen LogP contribution is 2.37. The van der Waals surface area contributed by atoms with E-state index in [1.54, 1.807) is 0 Å². The van der Waals surface area contributed by atoms with Crippen LogP contribution in [0.1, 0.15) is 63.0 Å². The first-order valence-electron chi connectivity index (χ1n) is 8.52. The van der Waals surface area contributed by atoms with E-state index in [0.717, 1.165) is 25.8 Å². The number of aryl methyl sites for hydroxylation is 1. The molecule has 2 aliphatic carbocycles. The molecular formula is C19H27NO. The van der Waals surface area contributed by atoms with Crippen molar-refractivity contribution in [2.75, 3.05) is 6.54 Å². The van der Waals surface area contributed by atoms with E-state index in [9.17, 15) is 4.79 Å². The Morgan fingerprint density at radius 2 is 2.00 bits per heavy atom. The van der Waals surface area contributed by atoms with E-state index in [-0.39, 0.29) is 0 Å². The second-order valence-electron chi connectivity index (χ2n) is 7.14. The molecule has 0 heterocycles. The van der Waals surface area contributed by atoms with Crippen molar-refractivity contribution in [1.29, 1.82) is 0 Å². The third-order valence-electron chi connectivity index (χ3n) is 4.93. The van der Waals surface area contributed by atoms with Gasteiger partial charge in [-0.05, 0) is 55.1 Å². The molecule has 1 amide bonds. The molecule has 0 N–H and O–H groups in total. The zero-order chi connectivity index (χ0) is 14.8. The summed E-state index contributed by atoms with van der Waals surface area (Å²) >= 11 is 0. The van der Waals surface area contributed by atoms with Crippen LogP contribution in [0.3, 0.4) is 0 Å². The molecule has 1 unspecified atom stereocenters. The Labute approximate surface area is 128 Å². The smallest absolute Gasteiger partial charge is 0.223 e. The second-order valence-corrected chi connectivity index (χ2v) is 7.14. The van der Waals surface area contributed by atoms with E-state index in [0.29, 0.717) is 30.2 Å². The topological polar surface area (TPSA) is 20.3 Å². The summed E-state index contributed by atoms with van der Waals surface area (Å²) < 4.78 is 0. The summed E-state index contributed by atoms with van der Waals surface area (Å²) in [5, 5.41) is 0. The fourth-order valence-corrected chi connectivity index (χ4v) is 3.48. The Bertz CT molecular complexity index is 504. The molecule has 21 heavy (non-hydrogen) atoms. The number of amides is 1. The summed E-state index contributed by atoms with van der Waals surface area (Å²) in [5.41, 5.74) is 2.88. The molecule has 1 fully saturated rings. The van der Waals surface area contributed by atoms with Gasteiger partial charge in [-0.1, -0.05) is 38.1 Å². The minimum atomic E-state index is 0.389. The second kappa shape index (κ2) is 6.21. The third-order valence-corrected chi connectivity index (χ3v) is 4.93. The van der Waals surface area contributed by atoms with Crippen molar-refractivity contribution in [3.8, 4) is 0 Å². The van der Waals surface area contributed by atoms with Gasteiger partial charge in [-0.25, -0.2) is 0 Å². The molecule has 1 aromatic carbocycles. The highest BCUT2D eigenvalue weighted by molar-refractivity contribution is 5.78. The van der Waals surface area contributed by atoms with E-state index in [1.165, 1.54) is 24.0 Å². The van der Waals surface area contributed by atoms with Crippen LogP contribution in [0.25, 0.3) is 0 Å². The van der Waals surface area contributed by atoms with Crippen molar-refractivity contribution in [3.05, 3.63) is 35.4 Å². The van der Waals surface area contributed by atoms with Crippen molar-refractivity contribution in [2.45, 2.75) is 64.3 Å². The normalized spacial score (nSPS) is 20.6. The molecule has 1 atom stereocenters. The number of nitrogens with zero attached hydrogens (tertiary/aromatic N) is 1. The molecule has 3 rings (SSSR count). The number of rotatable bonds is 6. The highest BCUT2D eigenvalue weighted by atomic mass is 16.2. The maximum Gasteiger partial charge on any atom is 0.223 e. The minimum absolute atomic E-state index is 0.389. The van der Waals surface area contributed by atoms with Crippen LogP contribution in [0, 0.1) is 5.92 Å². The predicted molar refractivity (Wildman–Crippen MR) is 86.3 cm³/mol. The summed E-state index contributed by atoms with van der Waals surface area (Å²) in [7, 11) is 0. The van der Waals surface area contributed by atoms with E-state index < -0.39 is 0 Å². The largest absolute Gasteiger partial charge is 0.340 e. The summed E-state index contributed by atoms with van der Waals surface area (Å²) in [6.45, 7) is 5.43. The summed E-state index contributed by atoms with van der Waals surface area (Å²) in [6.07, 6.45) is 6.56. The lowest BCUT2D eigenvalue weighted by Gasteiger charge is -2.25. The zero-order valence-electron chi connectivity index (χ0n) is 13.3. The van der Waals surface area contributed by atoms with Crippen molar-refractivity contribution < 1.29 is 4.79 Å². The van der Waals surface area contributed by atoms with Crippen LogP contribution in [-0.4, -0.2) is 23.4 Å². The van der Waals surface area contributed by atoms with Crippen molar-refractivity contribution in [3.63, 3.8) is 0 Å². The van der Waals surface area contributed by atoms with Crippen LogP contribution in [0.15, 0.2) is 24.3 Å². The van der Waals surface area contributed by atoms with Gasteiger partial charge in [0, 0.05) is 19.0 Å². The first-order chi connectivity index (χ1) is 10.1. The van der Waals surface area contributed by atoms with E-state index in [4.69, 9.17) is 0 Å². The number of hydrogen-bond acceptors (Lipinski definition) is 1. The molecule has 1 saturated carbocycles. The molecule has 2 heteroatoms. The van der Waals surface area contributed by atoms with E-state index in [2.05, 4.69) is 43.0 Å². The summed E-state index contributed by atoms with van der Waals surface area (Å²) in [4.78, 5) is 14.9. The standard InChI is InChI=1S/C19H27NO/c1-14(2)11-12-20(17-9-10-17)19(21)13-16-8-7-15-5-3-4-6-18(15)16/h3-6,14,16-17H,7-13H2,1-2H3. The van der Waals surface area contributed by atoms with Crippen LogP contribution in [0.5, 0.6) is 0 Å². The molecule has 0 radical (unpaired) electrons. The molecule has 0 bridgehead atoms. The van der Waals surface area contributed by atoms with Gasteiger partial charge in [0.15, 0.2) is 0 Å². The van der Waals surface area contributed by atoms with Gasteiger partial charge in [-0.3, -0.25) is 4.79 Å². The minimum Gasteiger partial charge on any atom is -0.340 e. The molecule has 0 spiro atoms. The van der Waals surface area contributed by atoms with Crippen LogP contribution in [0.4, 0.5) is 0 Å². The molecule has 2 aliphatic rings. The summed E-state index contributed by atoms with van der Waals surface area (Å²) in [5.74, 6) is 1.51. The Morgan fingerprint density at radius 3 is 2.71 bits per heavy atom. The fourth-order valence-electron chi connectivity index (χ4n) is 3.48. The summed E-state index contributed by atoms with van der Waals surface area (Å²) in [6, 6.07) is 9.21. The molecule has 1 aromatic rings. The number of carbonyl (C=O) groups is 1. The lowest BCUT2D eigenvalue weighted by Crippen LogP contribution is -2.35. The lowest BCUT2D eigenvalue weighted by molar-refractivity contribution is -0.132. The SMILES string of the molecule is CC(C)CCN(C(=O)CC1CCc2ccccc21)C1CC1. The molecule has 0 aromatic heterocycles. The van der Waals surface area contributed by atoms with Gasteiger partial charge in [0.2, 0.25) is 5.91 Å². The Morgan fingerprint density at radius 1 is 1.24 bits per heavy atom. The van der Waals surface area contributed by atoms with Gasteiger partial charge in [0.05, 0.1) is 0 Å². The quantitative estimate of drug-likeness (QED) is 0.769. The first kappa shape index (κ1) is 14.6. The zero-order valence-corrected chi connectivity index (χ0v) is 13.3. The molecule has 0 saturated heterocycles. The molecular weight excluding hydrogens is 258 g/mol. The van der Waals surface area contributed by atoms with E-state index >= 15 is 0 Å². The number of fused-ring (bicyclic) bond motifs is 1. The Kier molecular flexibility index (Phi) is 4.32. The number of carbonyl (C=O) groups excluding carboxylic acids is 1. The lowest BCUT2D eigenvalue weighted by atomic mass is 9.97. The number of hydrogen-bond donors (Lipinski definition) is 0. The van der Waals surface area contributed by atoms with Crippen molar-refractivity contribution >= 4 is 5.91 Å². The van der Waals surface area contributed by atoms with Gasteiger partial charge in [0.1, 0.15) is 0 Å². The van der Waals surface area contributed by atoms with Gasteiger partial charge in [-0.15, -0.1) is 0 Å². The average molecular weight is 285 g/mol. The van der Waals surface area contributed by atoms with Gasteiger partial charge in [-0.2, -0.15) is 0 Å². The monoisotopic (exact) mass is 285 g/mol.